The molecule has 1 saturated heterocycles. The molecule has 82 valence electrons. The van der Waals surface area contributed by atoms with Crippen molar-refractivity contribution in [3.8, 4) is 0 Å². The fourth-order valence-corrected chi connectivity index (χ4v) is 1.64. The van der Waals surface area contributed by atoms with Gasteiger partial charge in [0.25, 0.3) is 5.78 Å². The summed E-state index contributed by atoms with van der Waals surface area (Å²) < 4.78 is 4.63. The molecule has 0 saturated carbocycles. The van der Waals surface area contributed by atoms with Crippen molar-refractivity contribution in [2.75, 3.05) is 0 Å². The summed E-state index contributed by atoms with van der Waals surface area (Å²) in [5, 5.41) is 0.538. The second kappa shape index (κ2) is 3.88. The summed E-state index contributed by atoms with van der Waals surface area (Å²) in [6.45, 7) is 0. The van der Waals surface area contributed by atoms with E-state index in [-0.39, 0.29) is 5.02 Å². The van der Waals surface area contributed by atoms with Crippen molar-refractivity contribution in [1.82, 2.24) is 0 Å². The highest BCUT2D eigenvalue weighted by Gasteiger charge is 2.43. The first-order chi connectivity index (χ1) is 7.50. The summed E-state index contributed by atoms with van der Waals surface area (Å²) >= 11 is 11.4. The maximum Gasteiger partial charge on any atom is 0.384 e. The molecule has 2 rings (SSSR count). The molecule has 0 aromatic heterocycles. The predicted octanol–water partition coefficient (Wildman–Crippen LogP) is 1.73. The molecular weight excluding hydrogens is 255 g/mol. The number of halogens is 2. The number of benzene rings is 1. The summed E-state index contributed by atoms with van der Waals surface area (Å²) in [6, 6.07) is 4.32. The zero-order valence-corrected chi connectivity index (χ0v) is 9.21. The maximum atomic E-state index is 11.3. The van der Waals surface area contributed by atoms with E-state index in [1.54, 1.807) is 0 Å². The Bertz CT molecular complexity index is 510. The smallest absolute Gasteiger partial charge is 0.384 e. The Morgan fingerprint density at radius 2 is 1.75 bits per heavy atom. The van der Waals surface area contributed by atoms with E-state index >= 15 is 0 Å². The third-order valence-corrected chi connectivity index (χ3v) is 2.86. The molecule has 0 aliphatic carbocycles. The highest BCUT2D eigenvalue weighted by atomic mass is 35.5. The zero-order chi connectivity index (χ0) is 11.9. The van der Waals surface area contributed by atoms with Crippen LogP contribution in [-0.4, -0.2) is 17.5 Å². The Labute approximate surface area is 100 Å². The quantitative estimate of drug-likeness (QED) is 0.569. The van der Waals surface area contributed by atoms with E-state index in [2.05, 4.69) is 4.74 Å². The van der Waals surface area contributed by atoms with Gasteiger partial charge in [-0.2, -0.15) is 0 Å². The standard InChI is InChI=1S/C10H4Cl2O4/c11-5-2-1-4(3-6(5)12)9-7(13)8(14)10(15)16-9/h1-3,9H/t9-/m1/s1. The number of hydrogen-bond donors (Lipinski definition) is 0. The first-order valence-corrected chi connectivity index (χ1v) is 5.00. The van der Waals surface area contributed by atoms with E-state index in [4.69, 9.17) is 23.2 Å². The second-order valence-electron chi connectivity index (χ2n) is 3.15. The normalized spacial score (nSPS) is 20.1. The number of cyclic esters (lactones) is 1. The van der Waals surface area contributed by atoms with Crippen LogP contribution in [0.2, 0.25) is 10.0 Å². The lowest BCUT2D eigenvalue weighted by Gasteiger charge is -2.07. The minimum absolute atomic E-state index is 0.224. The van der Waals surface area contributed by atoms with Gasteiger partial charge in [0.1, 0.15) is 0 Å². The van der Waals surface area contributed by atoms with Gasteiger partial charge in [0.15, 0.2) is 6.10 Å². The van der Waals surface area contributed by atoms with Crippen molar-refractivity contribution in [3.05, 3.63) is 33.8 Å². The van der Waals surface area contributed by atoms with Gasteiger partial charge < -0.3 is 4.74 Å². The summed E-state index contributed by atoms with van der Waals surface area (Å²) in [5.74, 6) is -3.17. The van der Waals surface area contributed by atoms with Crippen LogP contribution >= 0.6 is 23.2 Å². The molecule has 0 amide bonds. The molecule has 1 aromatic rings. The van der Waals surface area contributed by atoms with Crippen LogP contribution in [0.3, 0.4) is 0 Å². The molecule has 0 N–H and O–H groups in total. The van der Waals surface area contributed by atoms with Crippen LogP contribution in [0.5, 0.6) is 0 Å². The Hall–Kier alpha value is -1.39. The van der Waals surface area contributed by atoms with Crippen LogP contribution in [0.4, 0.5) is 0 Å². The van der Waals surface area contributed by atoms with Gasteiger partial charge in [-0.3, -0.25) is 9.59 Å². The topological polar surface area (TPSA) is 60.4 Å². The van der Waals surface area contributed by atoms with Gasteiger partial charge in [-0.1, -0.05) is 29.3 Å². The number of carbonyl (C=O) groups excluding carboxylic acids is 3. The van der Waals surface area contributed by atoms with Crippen LogP contribution < -0.4 is 0 Å². The summed E-state index contributed by atoms with van der Waals surface area (Å²) in [7, 11) is 0. The highest BCUT2D eigenvalue weighted by molar-refractivity contribution is 6.65. The monoisotopic (exact) mass is 258 g/mol. The van der Waals surface area contributed by atoms with Crippen molar-refractivity contribution >= 4 is 40.7 Å². The summed E-state index contributed by atoms with van der Waals surface area (Å²) in [6.07, 6.45) is -1.20. The molecule has 1 fully saturated rings. The molecule has 16 heavy (non-hydrogen) atoms. The van der Waals surface area contributed by atoms with Gasteiger partial charge in [-0.25, -0.2) is 4.79 Å². The SMILES string of the molecule is O=C1O[C@H](c2ccc(Cl)c(Cl)c2)C(=O)C1=O. The molecule has 0 bridgehead atoms. The largest absolute Gasteiger partial charge is 0.443 e. The van der Waals surface area contributed by atoms with Crippen molar-refractivity contribution in [2.45, 2.75) is 6.10 Å². The van der Waals surface area contributed by atoms with E-state index < -0.39 is 23.6 Å². The average Bonchev–Trinajstić information content (AvgIpc) is 2.50. The first-order valence-electron chi connectivity index (χ1n) is 4.25. The Morgan fingerprint density at radius 3 is 2.25 bits per heavy atom. The molecule has 1 heterocycles. The van der Waals surface area contributed by atoms with Gasteiger partial charge in [0.2, 0.25) is 0 Å². The van der Waals surface area contributed by atoms with E-state index in [9.17, 15) is 14.4 Å². The van der Waals surface area contributed by atoms with Crippen LogP contribution in [0.25, 0.3) is 0 Å². The lowest BCUT2D eigenvalue weighted by molar-refractivity contribution is -0.149. The van der Waals surface area contributed by atoms with E-state index in [0.717, 1.165) is 0 Å². The average molecular weight is 259 g/mol. The Balaban J connectivity index is 2.39. The lowest BCUT2D eigenvalue weighted by atomic mass is 10.1. The van der Waals surface area contributed by atoms with Crippen LogP contribution in [0.1, 0.15) is 11.7 Å². The molecule has 0 spiro atoms. The number of Topliss-reactive ketones (excluding diaryl/α,β-unsaturated/α-hetero) is 2. The molecular formula is C10H4Cl2O4. The molecule has 0 radical (unpaired) electrons. The summed E-state index contributed by atoms with van der Waals surface area (Å²) in [5.41, 5.74) is 0.332. The minimum atomic E-state index is -1.20. The van der Waals surface area contributed by atoms with Crippen LogP contribution in [0.15, 0.2) is 18.2 Å². The third-order valence-electron chi connectivity index (χ3n) is 2.12. The van der Waals surface area contributed by atoms with E-state index in [0.29, 0.717) is 10.6 Å². The van der Waals surface area contributed by atoms with Crippen molar-refractivity contribution in [1.29, 1.82) is 0 Å². The van der Waals surface area contributed by atoms with Gasteiger partial charge in [0.05, 0.1) is 10.0 Å². The van der Waals surface area contributed by atoms with Crippen LogP contribution in [0, 0.1) is 0 Å². The predicted molar refractivity (Wildman–Crippen MR) is 55.3 cm³/mol. The first kappa shape index (κ1) is 11.1. The minimum Gasteiger partial charge on any atom is -0.443 e. The Kier molecular flexibility index (Phi) is 2.69. The molecule has 4 nitrogen and oxygen atoms in total. The molecule has 6 heteroatoms. The summed E-state index contributed by atoms with van der Waals surface area (Å²) in [4.78, 5) is 33.2. The molecule has 1 aliphatic rings. The third kappa shape index (κ3) is 1.70. The number of rotatable bonds is 1. The second-order valence-corrected chi connectivity index (χ2v) is 3.97. The number of hydrogen-bond acceptors (Lipinski definition) is 4. The van der Waals surface area contributed by atoms with Crippen molar-refractivity contribution in [3.63, 3.8) is 0 Å². The van der Waals surface area contributed by atoms with Gasteiger partial charge >= 0.3 is 11.8 Å². The van der Waals surface area contributed by atoms with E-state index in [1.807, 2.05) is 0 Å². The number of carbonyl (C=O) groups is 3. The molecule has 1 aromatic carbocycles. The fourth-order valence-electron chi connectivity index (χ4n) is 1.33. The Morgan fingerprint density at radius 1 is 1.06 bits per heavy atom. The van der Waals surface area contributed by atoms with E-state index in [1.165, 1.54) is 18.2 Å². The van der Waals surface area contributed by atoms with Crippen molar-refractivity contribution in [2.24, 2.45) is 0 Å². The van der Waals surface area contributed by atoms with Crippen molar-refractivity contribution < 1.29 is 19.1 Å². The molecule has 1 aliphatic heterocycles. The number of esters is 1. The van der Waals surface area contributed by atoms with Gasteiger partial charge in [0, 0.05) is 5.56 Å². The fraction of sp³-hybridized carbons (Fsp3) is 0.100. The van der Waals surface area contributed by atoms with Crippen LogP contribution in [-0.2, 0) is 19.1 Å². The number of ketones is 2. The van der Waals surface area contributed by atoms with Gasteiger partial charge in [-0.05, 0) is 12.1 Å². The maximum absolute atomic E-state index is 11.3. The lowest BCUT2D eigenvalue weighted by Crippen LogP contribution is -2.14. The molecule has 1 atom stereocenters. The molecule has 0 unspecified atom stereocenters. The van der Waals surface area contributed by atoms with Gasteiger partial charge in [-0.15, -0.1) is 0 Å². The highest BCUT2D eigenvalue weighted by Crippen LogP contribution is 2.30. The zero-order valence-electron chi connectivity index (χ0n) is 7.70. The number of ether oxygens (including phenoxy) is 1.